The predicted molar refractivity (Wildman–Crippen MR) is 203 cm³/mol. The highest BCUT2D eigenvalue weighted by Crippen LogP contribution is 2.50. The summed E-state index contributed by atoms with van der Waals surface area (Å²) in [5.74, 6) is -3.21. The number of carbonyl (C=O) groups excluding carboxylic acids is 2. The molecule has 1 unspecified atom stereocenters. The third-order valence-electron chi connectivity index (χ3n) is 12.2. The van der Waals surface area contributed by atoms with Crippen molar-refractivity contribution in [3.63, 3.8) is 0 Å². The standard InChI is InChI=1S/C40H45ClF4N8O2/c1-20(2)52-19-47-27-14-25(48-34(32(27)52)49-26-13-24(29(41)31(43)30(26)42)35(54)50-40(9-10-40)36(44)45)22-12-28-33(46-17-22)38(4,5)37(55)53(28)23-15-39(6,16-23)51-11-7-8-21(3)18-51/h12-14,17,19-21,23,36H,7-11,15-16,18H2,1-6H3,(H,48,49)(H,50,54). The molecule has 10 nitrogen and oxygen atoms in total. The molecule has 1 saturated heterocycles. The van der Waals surface area contributed by atoms with E-state index in [1.54, 1.807) is 18.6 Å². The zero-order chi connectivity index (χ0) is 39.4. The van der Waals surface area contributed by atoms with Crippen molar-refractivity contribution in [2.75, 3.05) is 23.3 Å². The number of likely N-dealkylation sites (tertiary alicyclic amines) is 1. The maximum atomic E-state index is 15.6. The number of anilines is 3. The van der Waals surface area contributed by atoms with Crippen molar-refractivity contribution in [1.29, 1.82) is 0 Å². The Bertz CT molecular complexity index is 2230. The number of benzene rings is 1. The number of hydrogen-bond acceptors (Lipinski definition) is 7. The van der Waals surface area contributed by atoms with Crippen LogP contribution in [0.5, 0.6) is 0 Å². The average molecular weight is 781 g/mol. The van der Waals surface area contributed by atoms with Gasteiger partial charge in [0.15, 0.2) is 17.5 Å². The first-order valence-electron chi connectivity index (χ1n) is 19.0. The number of nitrogens with zero attached hydrogens (tertiary/aromatic N) is 6. The topological polar surface area (TPSA) is 108 Å². The minimum atomic E-state index is -2.84. The Kier molecular flexibility index (Phi) is 8.99. The molecule has 5 heterocycles. The van der Waals surface area contributed by atoms with E-state index in [-0.39, 0.29) is 42.2 Å². The first kappa shape index (κ1) is 37.6. The molecule has 55 heavy (non-hydrogen) atoms. The van der Waals surface area contributed by atoms with Gasteiger partial charge in [0.2, 0.25) is 5.91 Å². The van der Waals surface area contributed by atoms with E-state index >= 15 is 8.78 Å². The second kappa shape index (κ2) is 13.1. The molecule has 2 aliphatic carbocycles. The number of halogens is 5. The van der Waals surface area contributed by atoms with Crippen LogP contribution in [0, 0.1) is 17.6 Å². The van der Waals surface area contributed by atoms with Gasteiger partial charge in [0.25, 0.3) is 12.3 Å². The van der Waals surface area contributed by atoms with Crippen LogP contribution < -0.4 is 15.5 Å². The summed E-state index contributed by atoms with van der Waals surface area (Å²) in [6.45, 7) is 14.3. The molecule has 3 aromatic heterocycles. The van der Waals surface area contributed by atoms with Gasteiger partial charge in [0, 0.05) is 35.9 Å². The molecule has 2 saturated carbocycles. The van der Waals surface area contributed by atoms with Crippen LogP contribution in [-0.2, 0) is 10.2 Å². The molecule has 1 aromatic carbocycles. The van der Waals surface area contributed by atoms with E-state index in [2.05, 4.69) is 34.4 Å². The van der Waals surface area contributed by atoms with E-state index in [0.717, 1.165) is 37.7 Å². The predicted octanol–water partition coefficient (Wildman–Crippen LogP) is 8.55. The minimum Gasteiger partial charge on any atom is -0.341 e. The number of piperidine rings is 1. The Balaban J connectivity index is 1.16. The van der Waals surface area contributed by atoms with Crippen LogP contribution >= 0.6 is 11.6 Å². The van der Waals surface area contributed by atoms with Crippen LogP contribution in [0.25, 0.3) is 22.3 Å². The van der Waals surface area contributed by atoms with Crippen molar-refractivity contribution in [1.82, 2.24) is 29.7 Å². The van der Waals surface area contributed by atoms with Crippen LogP contribution in [0.1, 0.15) is 102 Å². The van der Waals surface area contributed by atoms with E-state index in [9.17, 15) is 18.4 Å². The molecular formula is C40H45ClF4N8O2. The third kappa shape index (κ3) is 6.14. The molecular weight excluding hydrogens is 736 g/mol. The molecule has 8 rings (SSSR count). The van der Waals surface area contributed by atoms with Gasteiger partial charge in [-0.15, -0.1) is 0 Å². The van der Waals surface area contributed by atoms with Crippen LogP contribution in [0.3, 0.4) is 0 Å². The van der Waals surface area contributed by atoms with Gasteiger partial charge >= 0.3 is 0 Å². The van der Waals surface area contributed by atoms with Gasteiger partial charge in [-0.3, -0.25) is 19.5 Å². The summed E-state index contributed by atoms with van der Waals surface area (Å²) in [5.41, 5.74) is -0.198. The van der Waals surface area contributed by atoms with Gasteiger partial charge in [0.05, 0.1) is 50.6 Å². The quantitative estimate of drug-likeness (QED) is 0.130. The number of alkyl halides is 2. The smallest absolute Gasteiger partial charge is 0.261 e. The van der Waals surface area contributed by atoms with Crippen molar-refractivity contribution in [2.45, 2.75) is 115 Å². The molecule has 4 aromatic rings. The molecule has 15 heteroatoms. The molecule has 0 bridgehead atoms. The summed E-state index contributed by atoms with van der Waals surface area (Å²) in [4.78, 5) is 46.0. The number of carbonyl (C=O) groups is 2. The maximum absolute atomic E-state index is 15.6. The van der Waals surface area contributed by atoms with Gasteiger partial charge in [-0.05, 0) is 104 Å². The number of hydrogen-bond donors (Lipinski definition) is 2. The fourth-order valence-electron chi connectivity index (χ4n) is 8.71. The van der Waals surface area contributed by atoms with Crippen molar-refractivity contribution >= 4 is 51.6 Å². The van der Waals surface area contributed by atoms with Crippen molar-refractivity contribution < 1.29 is 27.2 Å². The van der Waals surface area contributed by atoms with Crippen LogP contribution in [0.4, 0.5) is 34.8 Å². The number of fused-ring (bicyclic) bond motifs is 2. The summed E-state index contributed by atoms with van der Waals surface area (Å²) in [5, 5.41) is 4.30. The molecule has 4 aliphatic rings. The van der Waals surface area contributed by atoms with Crippen LogP contribution in [0.2, 0.25) is 5.02 Å². The Hall–Kier alpha value is -4.30. The maximum Gasteiger partial charge on any atom is 0.261 e. The van der Waals surface area contributed by atoms with E-state index in [1.807, 2.05) is 43.2 Å². The second-order valence-electron chi connectivity index (χ2n) is 17.1. The zero-order valence-electron chi connectivity index (χ0n) is 31.7. The third-order valence-corrected chi connectivity index (χ3v) is 12.6. The summed E-state index contributed by atoms with van der Waals surface area (Å²) in [7, 11) is 0. The lowest BCUT2D eigenvalue weighted by Gasteiger charge is -2.56. The van der Waals surface area contributed by atoms with E-state index in [0.29, 0.717) is 33.9 Å². The number of imidazole rings is 1. The van der Waals surface area contributed by atoms with Gasteiger partial charge < -0.3 is 20.1 Å². The van der Waals surface area contributed by atoms with Gasteiger partial charge in [-0.1, -0.05) is 18.5 Å². The van der Waals surface area contributed by atoms with Crippen LogP contribution in [-0.4, -0.2) is 72.9 Å². The second-order valence-corrected chi connectivity index (χ2v) is 17.4. The fraction of sp³-hybridized carbons (Fsp3) is 0.525. The summed E-state index contributed by atoms with van der Waals surface area (Å²) >= 11 is 6.07. The highest BCUT2D eigenvalue weighted by atomic mass is 35.5. The SMILES string of the molecule is CC1CCCN(C2(C)CC(N3C(=O)C(C)(C)c4ncc(-c5cc6ncn(C(C)C)c6c(Nc6cc(C(=O)NC7(C(F)F)CC7)c(Cl)c(F)c6F)n5)cc43)C2)C1. The number of aromatic nitrogens is 4. The molecule has 2 aliphatic heterocycles. The Morgan fingerprint density at radius 1 is 1.05 bits per heavy atom. The first-order valence-corrected chi connectivity index (χ1v) is 19.3. The average Bonchev–Trinajstić information content (AvgIpc) is 3.73. The largest absolute Gasteiger partial charge is 0.341 e. The van der Waals surface area contributed by atoms with Crippen molar-refractivity contribution in [3.05, 3.63) is 58.6 Å². The van der Waals surface area contributed by atoms with Crippen LogP contribution in [0.15, 0.2) is 30.7 Å². The molecule has 0 radical (unpaired) electrons. The molecule has 292 valence electrons. The van der Waals surface area contributed by atoms with Gasteiger partial charge in [0.1, 0.15) is 11.1 Å². The van der Waals surface area contributed by atoms with E-state index < -0.39 is 51.2 Å². The van der Waals surface area contributed by atoms with E-state index in [4.69, 9.17) is 21.6 Å². The van der Waals surface area contributed by atoms with Gasteiger partial charge in [-0.25, -0.2) is 27.5 Å². The lowest BCUT2D eigenvalue weighted by atomic mass is 9.70. The molecule has 2 amide bonds. The lowest BCUT2D eigenvalue weighted by Crippen LogP contribution is -2.64. The molecule has 1 atom stereocenters. The minimum absolute atomic E-state index is 0.00565. The number of amides is 2. The summed E-state index contributed by atoms with van der Waals surface area (Å²) in [6, 6.07) is 4.57. The normalized spacial score (nSPS) is 24.4. The first-order chi connectivity index (χ1) is 25.9. The molecule has 3 fully saturated rings. The number of nitrogens with one attached hydrogen (secondary N) is 2. The van der Waals surface area contributed by atoms with E-state index in [1.165, 1.54) is 12.8 Å². The zero-order valence-corrected chi connectivity index (χ0v) is 32.5. The summed E-state index contributed by atoms with van der Waals surface area (Å²) < 4.78 is 60.0. The number of pyridine rings is 2. The Morgan fingerprint density at radius 3 is 2.44 bits per heavy atom. The molecule has 0 spiro atoms. The highest BCUT2D eigenvalue weighted by molar-refractivity contribution is 6.34. The van der Waals surface area contributed by atoms with Crippen molar-refractivity contribution in [3.8, 4) is 11.3 Å². The molecule has 2 N–H and O–H groups in total. The van der Waals surface area contributed by atoms with Gasteiger partial charge in [-0.2, -0.15) is 0 Å². The lowest BCUT2D eigenvalue weighted by molar-refractivity contribution is -0.124. The van der Waals surface area contributed by atoms with Crippen molar-refractivity contribution in [2.24, 2.45) is 5.92 Å². The monoisotopic (exact) mass is 780 g/mol. The fourth-order valence-corrected chi connectivity index (χ4v) is 8.93. The summed E-state index contributed by atoms with van der Waals surface area (Å²) in [6.07, 6.45) is 4.64. The Labute approximate surface area is 322 Å². The highest BCUT2D eigenvalue weighted by Gasteiger charge is 2.55. The number of rotatable bonds is 9. The Morgan fingerprint density at radius 2 is 1.78 bits per heavy atom.